The van der Waals surface area contributed by atoms with Crippen LogP contribution in [0.2, 0.25) is 0 Å². The van der Waals surface area contributed by atoms with Gasteiger partial charge in [-0.2, -0.15) is 11.6 Å². The number of halogens is 2. The average Bonchev–Trinajstić information content (AvgIpc) is 3.45. The molecule has 4 aromatic carbocycles. The van der Waals surface area contributed by atoms with Gasteiger partial charge in [0.2, 0.25) is 0 Å². The zero-order chi connectivity index (χ0) is 32.5. The summed E-state index contributed by atoms with van der Waals surface area (Å²) in [6.07, 6.45) is 7.65. The molecule has 0 aliphatic heterocycles. The van der Waals surface area contributed by atoms with E-state index in [9.17, 15) is 0 Å². The first kappa shape index (κ1) is 41.4. The van der Waals surface area contributed by atoms with E-state index >= 15 is 0 Å². The Bertz CT molecular complexity index is 1580. The summed E-state index contributed by atoms with van der Waals surface area (Å²) >= 11 is 1.51. The molecule has 4 aromatic rings. The molecule has 1 aliphatic rings. The molecular weight excluding hydrogens is 667 g/mol. The maximum Gasteiger partial charge on any atom is -0.0142 e. The molecule has 0 radical (unpaired) electrons. The van der Waals surface area contributed by atoms with E-state index in [1.807, 2.05) is 0 Å². The molecule has 0 heterocycles. The van der Waals surface area contributed by atoms with Crippen molar-refractivity contribution in [1.29, 1.82) is 0 Å². The van der Waals surface area contributed by atoms with Gasteiger partial charge in [-0.15, -0.1) is 39.7 Å². The number of hydrogen-bond acceptors (Lipinski definition) is 0. The standard InChI is InChI=1S/C23H29.C10H15.C9H10.2ClH.Zr/c1-14-9-16-11-17-10-15(2)21(23(6,7)8)13-19(17)18(16)12-20(14)22(3,4)5;1-8-5-6-9(7-8)10(2,3)4;1-3-9-6-4-8(2)5-7-9;;;/h9-13H,1-8H3;6-8H,1-4H3;4-7H,1-2H3;2*1H;/q2*-1;;;;+2/p-2. The van der Waals surface area contributed by atoms with E-state index in [2.05, 4.69) is 170 Å². The summed E-state index contributed by atoms with van der Waals surface area (Å²) in [5.74, 6) is 0.522. The van der Waals surface area contributed by atoms with Gasteiger partial charge < -0.3 is 24.8 Å². The Kier molecular flexibility index (Phi) is 14.7. The second kappa shape index (κ2) is 16.0. The summed E-state index contributed by atoms with van der Waals surface area (Å²) in [5.41, 5.74) is 10.5. The number of aryl methyl sites for hydroxylation is 3. The largest absolute Gasteiger partial charge is 1.00 e. The second-order valence-electron chi connectivity index (χ2n) is 15.6. The molecule has 5 rings (SSSR count). The fraction of sp³-hybridized carbons (Fsp3) is 0.429. The van der Waals surface area contributed by atoms with Crippen molar-refractivity contribution in [3.8, 4) is 0 Å². The van der Waals surface area contributed by atoms with Gasteiger partial charge in [-0.25, -0.2) is 6.08 Å². The van der Waals surface area contributed by atoms with Crippen molar-refractivity contribution >= 4 is 24.8 Å². The van der Waals surface area contributed by atoms with Crippen molar-refractivity contribution in [2.75, 3.05) is 0 Å². The van der Waals surface area contributed by atoms with Gasteiger partial charge in [0.1, 0.15) is 0 Å². The molecule has 0 saturated carbocycles. The molecule has 0 nitrogen and oxygen atoms in total. The Balaban J connectivity index is 0.000000384. The van der Waals surface area contributed by atoms with E-state index in [-0.39, 0.29) is 35.6 Å². The average molecular weight is 721 g/mol. The fourth-order valence-electron chi connectivity index (χ4n) is 5.81. The predicted molar refractivity (Wildman–Crippen MR) is 189 cm³/mol. The number of allylic oxidation sites excluding steroid dienone is 4. The summed E-state index contributed by atoms with van der Waals surface area (Å²) in [6.45, 7) is 31.4. The van der Waals surface area contributed by atoms with E-state index in [0.29, 0.717) is 11.3 Å². The van der Waals surface area contributed by atoms with E-state index in [1.165, 1.54) is 87.9 Å². The van der Waals surface area contributed by atoms with Crippen molar-refractivity contribution in [3.05, 3.63) is 112 Å². The van der Waals surface area contributed by atoms with Gasteiger partial charge in [-0.1, -0.05) is 115 Å². The minimum absolute atomic E-state index is 0. The Morgan fingerprint density at radius 3 is 1.40 bits per heavy atom. The number of rotatable bonds is 1. The third-order valence-corrected chi connectivity index (χ3v) is 9.00. The van der Waals surface area contributed by atoms with E-state index in [4.69, 9.17) is 0 Å². The maximum absolute atomic E-state index is 3.26. The normalized spacial score (nSPS) is 14.5. The molecule has 1 unspecified atom stereocenters. The summed E-state index contributed by atoms with van der Waals surface area (Å²) in [6, 6.07) is 20.6. The van der Waals surface area contributed by atoms with Gasteiger partial charge >= 0.3 is 76.7 Å². The molecule has 0 saturated heterocycles. The minimum Gasteiger partial charge on any atom is -1.00 e. The van der Waals surface area contributed by atoms with Gasteiger partial charge in [-0.3, -0.25) is 6.08 Å². The molecule has 1 atom stereocenters. The molecule has 3 heteroatoms. The fourth-order valence-corrected chi connectivity index (χ4v) is 6.22. The van der Waals surface area contributed by atoms with Crippen molar-refractivity contribution in [2.24, 2.45) is 11.3 Å². The summed E-state index contributed by atoms with van der Waals surface area (Å²) < 4.78 is 1.46. The first-order valence-electron chi connectivity index (χ1n) is 15.8. The van der Waals surface area contributed by atoms with Crippen LogP contribution in [0.3, 0.4) is 0 Å². The van der Waals surface area contributed by atoms with Crippen LogP contribution in [0.25, 0.3) is 21.5 Å². The Labute approximate surface area is 302 Å². The predicted octanol–water partition coefficient (Wildman–Crippen LogP) is 5.98. The third kappa shape index (κ3) is 10.9. The molecular formula is C42H54Cl2Zr-2. The quantitative estimate of drug-likeness (QED) is 0.213. The van der Waals surface area contributed by atoms with Crippen molar-refractivity contribution in [2.45, 2.75) is 108 Å². The molecule has 242 valence electrons. The molecule has 0 N–H and O–H groups in total. The first-order chi connectivity index (χ1) is 19.7. The zero-order valence-electron chi connectivity index (χ0n) is 30.2. The molecule has 0 aromatic heterocycles. The number of hydrogen-bond donors (Lipinski definition) is 0. The zero-order valence-corrected chi connectivity index (χ0v) is 34.2. The van der Waals surface area contributed by atoms with Crippen LogP contribution >= 0.6 is 0 Å². The second-order valence-corrected chi connectivity index (χ2v) is 17.5. The van der Waals surface area contributed by atoms with E-state index in [1.54, 1.807) is 0 Å². The van der Waals surface area contributed by atoms with Crippen molar-refractivity contribution in [1.82, 2.24) is 0 Å². The van der Waals surface area contributed by atoms with E-state index < -0.39 is 0 Å². The van der Waals surface area contributed by atoms with Crippen LogP contribution in [0.15, 0.2) is 72.3 Å². The summed E-state index contributed by atoms with van der Waals surface area (Å²) in [4.78, 5) is 0. The van der Waals surface area contributed by atoms with Crippen LogP contribution in [0, 0.1) is 38.2 Å². The van der Waals surface area contributed by atoms with Crippen LogP contribution in [0.4, 0.5) is 0 Å². The molecule has 0 spiro atoms. The minimum atomic E-state index is 0. The Morgan fingerprint density at radius 2 is 1.11 bits per heavy atom. The van der Waals surface area contributed by atoms with Gasteiger partial charge in [0, 0.05) is 0 Å². The van der Waals surface area contributed by atoms with E-state index in [0.717, 1.165) is 0 Å². The molecule has 45 heavy (non-hydrogen) atoms. The van der Waals surface area contributed by atoms with Crippen molar-refractivity contribution < 1.29 is 49.0 Å². The summed E-state index contributed by atoms with van der Waals surface area (Å²) in [5, 5.41) is 5.55. The Morgan fingerprint density at radius 1 is 0.689 bits per heavy atom. The third-order valence-electron chi connectivity index (χ3n) is 8.29. The molecule has 0 amide bonds. The molecule has 0 fully saturated rings. The monoisotopic (exact) mass is 718 g/mol. The smallest absolute Gasteiger partial charge is 0.0142 e. The first-order valence-corrected chi connectivity index (χ1v) is 17.0. The number of benzene rings is 3. The van der Waals surface area contributed by atoms with Gasteiger partial charge in [0.25, 0.3) is 0 Å². The molecule has 1 aliphatic carbocycles. The van der Waals surface area contributed by atoms with Crippen molar-refractivity contribution in [3.63, 3.8) is 0 Å². The Hall–Kier alpha value is -1.66. The van der Waals surface area contributed by atoms with Crippen LogP contribution in [0.1, 0.15) is 110 Å². The van der Waals surface area contributed by atoms with Crippen LogP contribution in [0.5, 0.6) is 0 Å². The SMILES string of the molecule is CC1[C-]=CC(C(C)(C)C)=C1.C[C](=[Zr+2])c1ccc(C)cc1.Cc1cc2[cH-]c3cc(C)c(C(C)(C)C)cc3c2cc1C(C)(C)C.[Cl-].[Cl-]. The number of fused-ring (bicyclic) bond motifs is 3. The van der Waals surface area contributed by atoms with Crippen LogP contribution in [-0.4, -0.2) is 3.21 Å². The topological polar surface area (TPSA) is 0 Å². The summed E-state index contributed by atoms with van der Waals surface area (Å²) in [7, 11) is 0. The van der Waals surface area contributed by atoms with Crippen LogP contribution in [-0.2, 0) is 35.1 Å². The van der Waals surface area contributed by atoms with Gasteiger partial charge in [-0.05, 0) is 24.7 Å². The van der Waals surface area contributed by atoms with Gasteiger partial charge in [0.15, 0.2) is 0 Å². The molecule has 0 bridgehead atoms. The van der Waals surface area contributed by atoms with Gasteiger partial charge in [0.05, 0.1) is 0 Å². The van der Waals surface area contributed by atoms with Crippen LogP contribution < -0.4 is 24.8 Å². The maximum atomic E-state index is 3.26.